The van der Waals surface area contributed by atoms with Gasteiger partial charge in [-0.15, -0.1) is 5.10 Å². The van der Waals surface area contributed by atoms with E-state index in [1.807, 2.05) is 18.2 Å². The Balaban J connectivity index is 1.68. The number of hydrogen-bond donors (Lipinski definition) is 0. The number of benzene rings is 2. The highest BCUT2D eigenvalue weighted by Crippen LogP contribution is 2.29. The Kier molecular flexibility index (Phi) is 6.46. The summed E-state index contributed by atoms with van der Waals surface area (Å²) in [5.74, 6) is 1.69. The molecule has 2 aromatic carbocycles. The number of ether oxygens (including phenoxy) is 2. The van der Waals surface area contributed by atoms with E-state index in [2.05, 4.69) is 17.0 Å². The van der Waals surface area contributed by atoms with Crippen molar-refractivity contribution in [2.24, 2.45) is 0 Å². The van der Waals surface area contributed by atoms with Gasteiger partial charge in [-0.2, -0.15) is 9.50 Å². The third kappa shape index (κ3) is 4.54. The molecule has 0 N–H and O–H groups in total. The average Bonchev–Trinajstić information content (AvgIpc) is 3.28. The van der Waals surface area contributed by atoms with Crippen LogP contribution in [0.25, 0.3) is 22.4 Å². The van der Waals surface area contributed by atoms with Gasteiger partial charge in [0.25, 0.3) is 5.56 Å². The van der Waals surface area contributed by atoms with Crippen molar-refractivity contribution in [3.8, 4) is 22.9 Å². The first-order chi connectivity index (χ1) is 15.0. The fourth-order valence-electron chi connectivity index (χ4n) is 2.99. The molecule has 4 rings (SSSR count). The molecule has 6 nitrogen and oxygen atoms in total. The predicted molar refractivity (Wildman–Crippen MR) is 125 cm³/mol. The fourth-order valence-corrected chi connectivity index (χ4v) is 4.39. The molecule has 0 saturated heterocycles. The van der Waals surface area contributed by atoms with E-state index in [4.69, 9.17) is 32.7 Å². The van der Waals surface area contributed by atoms with Crippen LogP contribution in [-0.2, 0) is 0 Å². The summed E-state index contributed by atoms with van der Waals surface area (Å²) >= 11 is 13.4. The van der Waals surface area contributed by atoms with Crippen molar-refractivity contribution in [3.05, 3.63) is 66.9 Å². The summed E-state index contributed by atoms with van der Waals surface area (Å²) in [6.45, 7) is 2.74. The standard InChI is InChI=1S/C22H19Cl2N3O3S/c1-3-4-9-30-17-8-5-13(10-18(17)29-2)11-19-21(28)27-22(31-19)25-20(26-27)15-7-6-14(23)12-16(15)24/h5-8,10-12H,3-4,9H2,1-2H3/b19-11+. The molecule has 0 spiro atoms. The average molecular weight is 476 g/mol. The Hall–Kier alpha value is -2.61. The number of halogens is 2. The third-order valence-electron chi connectivity index (χ3n) is 4.59. The molecule has 31 heavy (non-hydrogen) atoms. The van der Waals surface area contributed by atoms with E-state index in [9.17, 15) is 4.79 Å². The van der Waals surface area contributed by atoms with Crippen molar-refractivity contribution >= 4 is 45.6 Å². The SMILES string of the molecule is CCCCOc1ccc(/C=c2/sc3nc(-c4ccc(Cl)cc4Cl)nn3c2=O)cc1OC. The quantitative estimate of drug-likeness (QED) is 0.357. The lowest BCUT2D eigenvalue weighted by Crippen LogP contribution is -2.23. The zero-order valence-corrected chi connectivity index (χ0v) is 19.2. The van der Waals surface area contributed by atoms with Crippen LogP contribution in [0.4, 0.5) is 0 Å². The number of aromatic nitrogens is 3. The minimum atomic E-state index is -0.244. The van der Waals surface area contributed by atoms with Gasteiger partial charge in [0.2, 0.25) is 4.96 Å². The van der Waals surface area contributed by atoms with Crippen molar-refractivity contribution in [2.75, 3.05) is 13.7 Å². The first-order valence-corrected chi connectivity index (χ1v) is 11.2. The molecule has 0 aliphatic rings. The molecule has 0 radical (unpaired) electrons. The molecule has 2 heterocycles. The molecule has 0 unspecified atom stereocenters. The van der Waals surface area contributed by atoms with Gasteiger partial charge in [-0.25, -0.2) is 0 Å². The Morgan fingerprint density at radius 2 is 2.00 bits per heavy atom. The van der Waals surface area contributed by atoms with Gasteiger partial charge in [-0.05, 0) is 48.4 Å². The second kappa shape index (κ2) is 9.26. The lowest BCUT2D eigenvalue weighted by atomic mass is 10.2. The predicted octanol–water partition coefficient (Wildman–Crippen LogP) is 4.86. The van der Waals surface area contributed by atoms with Crippen LogP contribution < -0.4 is 19.6 Å². The normalized spacial score (nSPS) is 11.9. The van der Waals surface area contributed by atoms with Crippen LogP contribution in [0.2, 0.25) is 10.0 Å². The van der Waals surface area contributed by atoms with Crippen LogP contribution in [0, 0.1) is 0 Å². The lowest BCUT2D eigenvalue weighted by Gasteiger charge is -2.10. The number of fused-ring (bicyclic) bond motifs is 1. The molecule has 160 valence electrons. The molecule has 4 aromatic rings. The topological polar surface area (TPSA) is 65.7 Å². The summed E-state index contributed by atoms with van der Waals surface area (Å²) in [6, 6.07) is 10.6. The summed E-state index contributed by atoms with van der Waals surface area (Å²) in [4.78, 5) is 17.8. The molecular weight excluding hydrogens is 457 g/mol. The van der Waals surface area contributed by atoms with Gasteiger partial charge in [-0.3, -0.25) is 4.79 Å². The van der Waals surface area contributed by atoms with Crippen LogP contribution in [0.5, 0.6) is 11.5 Å². The van der Waals surface area contributed by atoms with Gasteiger partial charge in [0.15, 0.2) is 17.3 Å². The van der Waals surface area contributed by atoms with E-state index >= 15 is 0 Å². The number of unbranched alkanes of at least 4 members (excludes halogenated alkanes) is 1. The largest absolute Gasteiger partial charge is 0.493 e. The smallest absolute Gasteiger partial charge is 0.291 e. The van der Waals surface area contributed by atoms with E-state index in [0.29, 0.717) is 49.0 Å². The van der Waals surface area contributed by atoms with Gasteiger partial charge in [0.05, 0.1) is 23.3 Å². The zero-order chi connectivity index (χ0) is 22.0. The van der Waals surface area contributed by atoms with Crippen LogP contribution >= 0.6 is 34.5 Å². The number of thiazole rings is 1. The first kappa shape index (κ1) is 21.6. The van der Waals surface area contributed by atoms with Crippen molar-refractivity contribution in [1.29, 1.82) is 0 Å². The number of hydrogen-bond acceptors (Lipinski definition) is 6. The second-order valence-corrected chi connectivity index (χ2v) is 8.63. The van der Waals surface area contributed by atoms with E-state index in [1.165, 1.54) is 15.9 Å². The summed E-state index contributed by atoms with van der Waals surface area (Å²) in [7, 11) is 1.59. The minimum absolute atomic E-state index is 0.244. The highest BCUT2D eigenvalue weighted by molar-refractivity contribution is 7.15. The second-order valence-electron chi connectivity index (χ2n) is 6.78. The maximum atomic E-state index is 12.8. The number of methoxy groups -OCH3 is 1. The van der Waals surface area contributed by atoms with Crippen molar-refractivity contribution in [3.63, 3.8) is 0 Å². The summed E-state index contributed by atoms with van der Waals surface area (Å²) in [6.07, 6.45) is 3.82. The third-order valence-corrected chi connectivity index (χ3v) is 6.10. The molecule has 0 atom stereocenters. The maximum absolute atomic E-state index is 12.8. The monoisotopic (exact) mass is 475 g/mol. The molecule has 9 heteroatoms. The van der Waals surface area contributed by atoms with Crippen LogP contribution in [-0.4, -0.2) is 28.3 Å². The van der Waals surface area contributed by atoms with E-state index in [0.717, 1.165) is 18.4 Å². The fraction of sp³-hybridized carbons (Fsp3) is 0.227. The Bertz CT molecular complexity index is 1350. The first-order valence-electron chi connectivity index (χ1n) is 9.67. The summed E-state index contributed by atoms with van der Waals surface area (Å²) < 4.78 is 13.0. The van der Waals surface area contributed by atoms with E-state index in [-0.39, 0.29) is 5.56 Å². The van der Waals surface area contributed by atoms with Crippen LogP contribution in [0.1, 0.15) is 25.3 Å². The summed E-state index contributed by atoms with van der Waals surface area (Å²) in [5.41, 5.74) is 1.20. The molecule has 0 fully saturated rings. The zero-order valence-electron chi connectivity index (χ0n) is 16.9. The van der Waals surface area contributed by atoms with Crippen LogP contribution in [0.3, 0.4) is 0 Å². The molecule has 0 aliphatic carbocycles. The van der Waals surface area contributed by atoms with Crippen LogP contribution in [0.15, 0.2) is 41.2 Å². The van der Waals surface area contributed by atoms with Gasteiger partial charge in [0, 0.05) is 10.6 Å². The van der Waals surface area contributed by atoms with Crippen molar-refractivity contribution in [1.82, 2.24) is 14.6 Å². The molecule has 0 saturated carbocycles. The Labute approximate surface area is 192 Å². The minimum Gasteiger partial charge on any atom is -0.493 e. The van der Waals surface area contributed by atoms with E-state index in [1.54, 1.807) is 31.4 Å². The molecule has 0 amide bonds. The number of nitrogens with zero attached hydrogens (tertiary/aromatic N) is 3. The van der Waals surface area contributed by atoms with Crippen molar-refractivity contribution in [2.45, 2.75) is 19.8 Å². The maximum Gasteiger partial charge on any atom is 0.291 e. The molecular formula is C22H19Cl2N3O3S. The van der Waals surface area contributed by atoms with Gasteiger partial charge in [0.1, 0.15) is 0 Å². The Morgan fingerprint density at radius 1 is 1.16 bits per heavy atom. The molecule has 0 aliphatic heterocycles. The van der Waals surface area contributed by atoms with Crippen molar-refractivity contribution < 1.29 is 9.47 Å². The molecule has 2 aromatic heterocycles. The highest BCUT2D eigenvalue weighted by Gasteiger charge is 2.15. The summed E-state index contributed by atoms with van der Waals surface area (Å²) in [5, 5.41) is 5.29. The van der Waals surface area contributed by atoms with Gasteiger partial charge in [-0.1, -0.05) is 53.9 Å². The van der Waals surface area contributed by atoms with E-state index < -0.39 is 0 Å². The molecule has 0 bridgehead atoms. The van der Waals surface area contributed by atoms with Gasteiger partial charge >= 0.3 is 0 Å². The highest BCUT2D eigenvalue weighted by atomic mass is 35.5. The van der Waals surface area contributed by atoms with Gasteiger partial charge < -0.3 is 9.47 Å². The Morgan fingerprint density at radius 3 is 2.71 bits per heavy atom. The number of rotatable bonds is 7. The lowest BCUT2D eigenvalue weighted by molar-refractivity contribution is 0.288.